The number of amides is 2. The second kappa shape index (κ2) is 6.11. The van der Waals surface area contributed by atoms with Crippen molar-refractivity contribution in [2.75, 3.05) is 32.8 Å². The molecule has 0 bridgehead atoms. The van der Waals surface area contributed by atoms with Crippen LogP contribution in [0.4, 0.5) is 4.79 Å². The van der Waals surface area contributed by atoms with Crippen molar-refractivity contribution >= 4 is 6.03 Å². The monoisotopic (exact) mass is 319 g/mol. The van der Waals surface area contributed by atoms with Crippen LogP contribution < -0.4 is 0 Å². The van der Waals surface area contributed by atoms with E-state index in [1.807, 2.05) is 21.5 Å². The Balaban J connectivity index is 1.52. The van der Waals surface area contributed by atoms with Crippen molar-refractivity contribution in [1.29, 1.82) is 0 Å². The number of urea groups is 1. The largest absolute Gasteiger partial charge is 0.379 e. The van der Waals surface area contributed by atoms with E-state index in [-0.39, 0.29) is 12.1 Å². The molecule has 1 saturated carbocycles. The zero-order chi connectivity index (χ0) is 15.8. The van der Waals surface area contributed by atoms with E-state index in [4.69, 9.17) is 4.74 Å². The Morgan fingerprint density at radius 3 is 2.74 bits per heavy atom. The van der Waals surface area contributed by atoms with Crippen LogP contribution in [-0.2, 0) is 18.2 Å². The van der Waals surface area contributed by atoms with Gasteiger partial charge in [0.15, 0.2) is 0 Å². The molecule has 4 rings (SSSR count). The first-order chi connectivity index (χ1) is 11.2. The predicted molar refractivity (Wildman–Crippen MR) is 83.9 cm³/mol. The molecule has 126 valence electrons. The highest BCUT2D eigenvalue weighted by Crippen LogP contribution is 2.32. The number of fused-ring (bicyclic) bond motifs is 1. The third kappa shape index (κ3) is 2.94. The molecule has 3 heterocycles. The molecular formula is C16H25N5O2. The SMILES string of the molecule is Cn1nnc2c1CCN(C(=O)N1CCCC1)C2COCC1CC1. The molecule has 0 N–H and O–H groups in total. The minimum Gasteiger partial charge on any atom is -0.379 e. The van der Waals surface area contributed by atoms with Crippen LogP contribution in [0.1, 0.15) is 43.1 Å². The van der Waals surface area contributed by atoms with Crippen molar-refractivity contribution in [3.05, 3.63) is 11.4 Å². The highest BCUT2D eigenvalue weighted by atomic mass is 16.5. The van der Waals surface area contributed by atoms with Gasteiger partial charge in [-0.15, -0.1) is 5.10 Å². The highest BCUT2D eigenvalue weighted by molar-refractivity contribution is 5.75. The summed E-state index contributed by atoms with van der Waals surface area (Å²) in [6, 6.07) is 0.0399. The maximum atomic E-state index is 12.9. The number of aryl methyl sites for hydroxylation is 1. The van der Waals surface area contributed by atoms with Crippen molar-refractivity contribution in [1.82, 2.24) is 24.8 Å². The molecule has 1 aromatic rings. The van der Waals surface area contributed by atoms with E-state index in [1.165, 1.54) is 12.8 Å². The van der Waals surface area contributed by atoms with Crippen LogP contribution in [0.5, 0.6) is 0 Å². The molecule has 1 aliphatic carbocycles. The first kappa shape index (κ1) is 14.9. The molecule has 0 radical (unpaired) electrons. The molecule has 1 saturated heterocycles. The zero-order valence-electron chi connectivity index (χ0n) is 13.8. The summed E-state index contributed by atoms with van der Waals surface area (Å²) >= 11 is 0. The molecule has 0 spiro atoms. The minimum atomic E-state index is -0.0979. The van der Waals surface area contributed by atoms with E-state index in [1.54, 1.807) is 0 Å². The van der Waals surface area contributed by atoms with Gasteiger partial charge in [0.1, 0.15) is 11.7 Å². The van der Waals surface area contributed by atoms with Gasteiger partial charge in [-0.05, 0) is 31.6 Å². The van der Waals surface area contributed by atoms with Crippen molar-refractivity contribution in [2.45, 2.75) is 38.1 Å². The van der Waals surface area contributed by atoms with Crippen molar-refractivity contribution in [3.8, 4) is 0 Å². The van der Waals surface area contributed by atoms with Gasteiger partial charge in [0.25, 0.3) is 0 Å². The van der Waals surface area contributed by atoms with E-state index in [0.717, 1.165) is 62.8 Å². The summed E-state index contributed by atoms with van der Waals surface area (Å²) in [5.41, 5.74) is 2.05. The van der Waals surface area contributed by atoms with Gasteiger partial charge < -0.3 is 14.5 Å². The lowest BCUT2D eigenvalue weighted by molar-refractivity contribution is 0.0520. The number of aromatic nitrogens is 3. The maximum Gasteiger partial charge on any atom is 0.320 e. The number of nitrogens with zero attached hydrogens (tertiary/aromatic N) is 5. The second-order valence-corrected chi connectivity index (χ2v) is 6.96. The average Bonchev–Trinajstić information content (AvgIpc) is 3.07. The molecule has 7 nitrogen and oxygen atoms in total. The van der Waals surface area contributed by atoms with Gasteiger partial charge in [-0.2, -0.15) is 0 Å². The average molecular weight is 319 g/mol. The van der Waals surface area contributed by atoms with E-state index in [9.17, 15) is 4.79 Å². The summed E-state index contributed by atoms with van der Waals surface area (Å²) in [6.45, 7) is 3.80. The Morgan fingerprint density at radius 1 is 1.22 bits per heavy atom. The third-order valence-corrected chi connectivity index (χ3v) is 5.20. The number of rotatable bonds is 4. The number of ether oxygens (including phenoxy) is 1. The normalized spacial score (nSPS) is 24.1. The lowest BCUT2D eigenvalue weighted by atomic mass is 10.0. The summed E-state index contributed by atoms with van der Waals surface area (Å²) in [4.78, 5) is 16.8. The summed E-state index contributed by atoms with van der Waals surface area (Å²) < 4.78 is 7.75. The van der Waals surface area contributed by atoms with Crippen molar-refractivity contribution < 1.29 is 9.53 Å². The summed E-state index contributed by atoms with van der Waals surface area (Å²) in [6.07, 6.45) is 5.59. The summed E-state index contributed by atoms with van der Waals surface area (Å²) in [5, 5.41) is 8.49. The number of hydrogen-bond donors (Lipinski definition) is 0. The molecule has 23 heavy (non-hydrogen) atoms. The van der Waals surface area contributed by atoms with E-state index < -0.39 is 0 Å². The lowest BCUT2D eigenvalue weighted by Gasteiger charge is -2.37. The molecule has 7 heteroatoms. The van der Waals surface area contributed by atoms with E-state index in [0.29, 0.717) is 6.61 Å². The number of likely N-dealkylation sites (tertiary alicyclic amines) is 1. The molecule has 0 aromatic carbocycles. The summed E-state index contributed by atoms with van der Waals surface area (Å²) in [7, 11) is 1.92. The first-order valence-electron chi connectivity index (χ1n) is 8.76. The van der Waals surface area contributed by atoms with Crippen LogP contribution in [0.3, 0.4) is 0 Å². The fourth-order valence-corrected chi connectivity index (χ4v) is 3.59. The van der Waals surface area contributed by atoms with E-state index >= 15 is 0 Å². The lowest BCUT2D eigenvalue weighted by Crippen LogP contribution is -2.48. The van der Waals surface area contributed by atoms with Crippen molar-refractivity contribution in [2.24, 2.45) is 13.0 Å². The van der Waals surface area contributed by atoms with Gasteiger partial charge in [0.2, 0.25) is 0 Å². The fourth-order valence-electron chi connectivity index (χ4n) is 3.59. The maximum absolute atomic E-state index is 12.9. The second-order valence-electron chi connectivity index (χ2n) is 6.96. The highest BCUT2D eigenvalue weighted by Gasteiger charge is 2.37. The van der Waals surface area contributed by atoms with Gasteiger partial charge in [0.05, 0.1) is 12.3 Å². The molecule has 1 atom stereocenters. The number of carbonyl (C=O) groups excluding carboxylic acids is 1. The minimum absolute atomic E-state index is 0.0979. The molecular weight excluding hydrogens is 294 g/mol. The zero-order valence-corrected chi connectivity index (χ0v) is 13.8. The van der Waals surface area contributed by atoms with Gasteiger partial charge in [-0.25, -0.2) is 4.79 Å². The molecule has 2 amide bonds. The quantitative estimate of drug-likeness (QED) is 0.840. The van der Waals surface area contributed by atoms with Crippen LogP contribution >= 0.6 is 0 Å². The standard InChI is InChI=1S/C16H25N5O2/c1-19-13-6-9-21(16(22)20-7-2-3-8-20)14(15(13)17-18-19)11-23-10-12-4-5-12/h12,14H,2-11H2,1H3. The summed E-state index contributed by atoms with van der Waals surface area (Å²) in [5.74, 6) is 0.725. The molecule has 1 unspecified atom stereocenters. The Labute approximate surface area is 136 Å². The Kier molecular flexibility index (Phi) is 3.97. The fraction of sp³-hybridized carbons (Fsp3) is 0.812. The van der Waals surface area contributed by atoms with Gasteiger partial charge >= 0.3 is 6.03 Å². The van der Waals surface area contributed by atoms with Gasteiger partial charge in [-0.3, -0.25) is 4.68 Å². The third-order valence-electron chi connectivity index (χ3n) is 5.20. The Bertz CT molecular complexity index is 577. The van der Waals surface area contributed by atoms with Crippen LogP contribution in [-0.4, -0.2) is 63.7 Å². The van der Waals surface area contributed by atoms with E-state index in [2.05, 4.69) is 10.3 Å². The van der Waals surface area contributed by atoms with Gasteiger partial charge in [0, 0.05) is 39.7 Å². The number of carbonyl (C=O) groups is 1. The topological polar surface area (TPSA) is 63.5 Å². The van der Waals surface area contributed by atoms with Gasteiger partial charge in [-0.1, -0.05) is 5.21 Å². The Hall–Kier alpha value is -1.63. The predicted octanol–water partition coefficient (Wildman–Crippen LogP) is 1.36. The molecule has 2 fully saturated rings. The molecule has 3 aliphatic rings. The first-order valence-corrected chi connectivity index (χ1v) is 8.76. The Morgan fingerprint density at radius 2 is 2.00 bits per heavy atom. The van der Waals surface area contributed by atoms with Crippen LogP contribution in [0.25, 0.3) is 0 Å². The smallest absolute Gasteiger partial charge is 0.320 e. The number of hydrogen-bond acceptors (Lipinski definition) is 4. The van der Waals surface area contributed by atoms with Crippen LogP contribution in [0.15, 0.2) is 0 Å². The van der Waals surface area contributed by atoms with Crippen molar-refractivity contribution in [3.63, 3.8) is 0 Å². The van der Waals surface area contributed by atoms with Crippen LogP contribution in [0.2, 0.25) is 0 Å². The molecule has 2 aliphatic heterocycles. The molecule has 1 aromatic heterocycles. The van der Waals surface area contributed by atoms with Crippen LogP contribution in [0, 0.1) is 5.92 Å².